The number of nitriles is 1. The number of hydrogen-bond acceptors (Lipinski definition) is 5. The predicted octanol–water partition coefficient (Wildman–Crippen LogP) is 1.59. The summed E-state index contributed by atoms with van der Waals surface area (Å²) in [7, 11) is 0. The number of nitrogens with one attached hydrogen (secondary N) is 1. The van der Waals surface area contributed by atoms with Crippen molar-refractivity contribution in [2.75, 3.05) is 0 Å². The molecule has 0 unspecified atom stereocenters. The summed E-state index contributed by atoms with van der Waals surface area (Å²) in [5.74, 6) is 0. The molecule has 6 nitrogen and oxygen atoms in total. The molecule has 16 heavy (non-hydrogen) atoms. The van der Waals surface area contributed by atoms with Crippen LogP contribution in [-0.2, 0) is 0 Å². The van der Waals surface area contributed by atoms with E-state index in [1.54, 1.807) is 18.2 Å². The van der Waals surface area contributed by atoms with Crippen molar-refractivity contribution in [3.63, 3.8) is 0 Å². The van der Waals surface area contributed by atoms with E-state index in [0.717, 1.165) is 16.7 Å². The van der Waals surface area contributed by atoms with Gasteiger partial charge in [0.25, 0.3) is 0 Å². The fourth-order valence-electron chi connectivity index (χ4n) is 1.22. The van der Waals surface area contributed by atoms with Gasteiger partial charge in [0, 0.05) is 4.90 Å². The molecule has 1 aromatic heterocycles. The van der Waals surface area contributed by atoms with E-state index in [4.69, 9.17) is 11.0 Å². The summed E-state index contributed by atoms with van der Waals surface area (Å²) < 4.78 is 4.60. The van der Waals surface area contributed by atoms with E-state index in [1.165, 1.54) is 0 Å². The highest BCUT2D eigenvalue weighted by molar-refractivity contribution is 8.03. The Labute approximate surface area is 94.4 Å². The molecule has 0 saturated carbocycles. The molecule has 0 spiro atoms. The normalized spacial score (nSPS) is 9.94. The number of thioether (sulfide) groups is 1. The number of nitrogens with two attached hydrogens (primary N) is 1. The first-order chi connectivity index (χ1) is 7.69. The summed E-state index contributed by atoms with van der Waals surface area (Å²) in [6, 6.07) is 5.27. The van der Waals surface area contributed by atoms with Crippen LogP contribution in [0.2, 0.25) is 0 Å². The highest BCUT2D eigenvalue weighted by atomic mass is 32.2. The zero-order valence-electron chi connectivity index (χ0n) is 7.93. The maximum atomic E-state index is 10.5. The second-order valence-electron chi connectivity index (χ2n) is 2.84. The van der Waals surface area contributed by atoms with Gasteiger partial charge in [-0.25, -0.2) is 4.79 Å². The summed E-state index contributed by atoms with van der Waals surface area (Å²) in [5, 5.41) is 10.5. The number of aromatic nitrogens is 2. The summed E-state index contributed by atoms with van der Waals surface area (Å²) in [6.07, 6.45) is -0.925. The molecule has 1 aromatic carbocycles. The van der Waals surface area contributed by atoms with Gasteiger partial charge in [0.05, 0.1) is 11.0 Å². The van der Waals surface area contributed by atoms with E-state index in [9.17, 15) is 4.79 Å². The lowest BCUT2D eigenvalue weighted by molar-refractivity contribution is 0.207. The fraction of sp³-hybridized carbons (Fsp3) is 0. The van der Waals surface area contributed by atoms with Crippen molar-refractivity contribution >= 4 is 28.9 Å². The Morgan fingerprint density at radius 3 is 3.12 bits per heavy atom. The second-order valence-corrected chi connectivity index (χ2v) is 3.69. The second kappa shape index (κ2) is 4.12. The first kappa shape index (κ1) is 10.3. The van der Waals surface area contributed by atoms with Crippen molar-refractivity contribution in [1.29, 1.82) is 5.26 Å². The zero-order chi connectivity index (χ0) is 11.5. The van der Waals surface area contributed by atoms with Crippen LogP contribution in [0.5, 0.6) is 6.01 Å². The topological polar surface area (TPSA) is 105 Å². The number of amides is 1. The van der Waals surface area contributed by atoms with E-state index in [0.29, 0.717) is 11.0 Å². The van der Waals surface area contributed by atoms with Crippen LogP contribution in [0.1, 0.15) is 0 Å². The number of nitrogens with zero attached hydrogens (tertiary/aromatic N) is 2. The van der Waals surface area contributed by atoms with Gasteiger partial charge < -0.3 is 15.5 Å². The molecule has 1 amide bonds. The maximum absolute atomic E-state index is 10.5. The lowest BCUT2D eigenvalue weighted by Crippen LogP contribution is -2.16. The molecule has 2 rings (SSSR count). The highest BCUT2D eigenvalue weighted by Gasteiger charge is 2.06. The molecule has 7 heteroatoms. The molecule has 0 atom stereocenters. The quantitative estimate of drug-likeness (QED) is 0.606. The van der Waals surface area contributed by atoms with Crippen LogP contribution in [0.3, 0.4) is 0 Å². The van der Waals surface area contributed by atoms with E-state index in [2.05, 4.69) is 14.7 Å². The van der Waals surface area contributed by atoms with Crippen molar-refractivity contribution in [2.45, 2.75) is 4.90 Å². The van der Waals surface area contributed by atoms with E-state index in [-0.39, 0.29) is 6.01 Å². The smallest absolute Gasteiger partial charge is 0.376 e. The molecule has 0 radical (unpaired) electrons. The molecule has 80 valence electrons. The Morgan fingerprint density at radius 2 is 2.44 bits per heavy atom. The molecule has 0 aliphatic carbocycles. The number of ether oxygens (including phenoxy) is 1. The van der Waals surface area contributed by atoms with Crippen molar-refractivity contribution < 1.29 is 9.53 Å². The summed E-state index contributed by atoms with van der Waals surface area (Å²) in [5.41, 5.74) is 6.17. The van der Waals surface area contributed by atoms with Crippen LogP contribution >= 0.6 is 11.8 Å². The van der Waals surface area contributed by atoms with Crippen LogP contribution in [0.15, 0.2) is 23.1 Å². The molecule has 0 aliphatic heterocycles. The Hall–Kier alpha value is -2.20. The number of H-pyrrole nitrogens is 1. The SMILES string of the molecule is N#CSc1ccc2[nH]c(OC(N)=O)nc2c1. The van der Waals surface area contributed by atoms with Gasteiger partial charge in [-0.2, -0.15) is 10.2 Å². The highest BCUT2D eigenvalue weighted by Crippen LogP contribution is 2.23. The minimum atomic E-state index is -0.925. The van der Waals surface area contributed by atoms with Crippen molar-refractivity contribution in [3.05, 3.63) is 18.2 Å². The monoisotopic (exact) mass is 234 g/mol. The number of rotatable bonds is 2. The van der Waals surface area contributed by atoms with Crippen molar-refractivity contribution in [3.8, 4) is 11.4 Å². The Balaban J connectivity index is 2.38. The maximum Gasteiger partial charge on any atom is 0.412 e. The molecule has 1 heterocycles. The number of carbonyl (C=O) groups is 1. The van der Waals surface area contributed by atoms with E-state index >= 15 is 0 Å². The molecule has 0 aliphatic rings. The number of imidazole rings is 1. The molecular formula is C9H6N4O2S. The number of fused-ring (bicyclic) bond motifs is 1. The number of hydrogen-bond donors (Lipinski definition) is 2. The number of aromatic amines is 1. The third kappa shape index (κ3) is 2.07. The van der Waals surface area contributed by atoms with Gasteiger partial charge in [0.15, 0.2) is 0 Å². The number of carbonyl (C=O) groups excluding carboxylic acids is 1. The average Bonchev–Trinajstić information content (AvgIpc) is 2.58. The molecule has 2 aromatic rings. The third-order valence-electron chi connectivity index (χ3n) is 1.79. The van der Waals surface area contributed by atoms with Crippen LogP contribution in [0, 0.1) is 10.7 Å². The molecule has 3 N–H and O–H groups in total. The summed E-state index contributed by atoms with van der Waals surface area (Å²) in [4.78, 5) is 18.0. The summed E-state index contributed by atoms with van der Waals surface area (Å²) >= 11 is 1.03. The zero-order valence-corrected chi connectivity index (χ0v) is 8.75. The minimum Gasteiger partial charge on any atom is -0.376 e. The molecule has 0 saturated heterocycles. The largest absolute Gasteiger partial charge is 0.412 e. The molecule has 0 bridgehead atoms. The molecular weight excluding hydrogens is 228 g/mol. The lowest BCUT2D eigenvalue weighted by atomic mass is 10.3. The number of primary amides is 1. The van der Waals surface area contributed by atoms with Gasteiger partial charge in [0.2, 0.25) is 0 Å². The van der Waals surface area contributed by atoms with E-state index in [1.807, 2.05) is 5.40 Å². The third-order valence-corrected chi connectivity index (χ3v) is 2.37. The van der Waals surface area contributed by atoms with Gasteiger partial charge in [0.1, 0.15) is 5.40 Å². The fourth-order valence-corrected chi connectivity index (χ4v) is 1.63. The number of thiocyanates is 1. The van der Waals surface area contributed by atoms with Gasteiger partial charge in [-0.3, -0.25) is 0 Å². The van der Waals surface area contributed by atoms with Crippen LogP contribution in [0.25, 0.3) is 11.0 Å². The van der Waals surface area contributed by atoms with E-state index < -0.39 is 6.09 Å². The lowest BCUT2D eigenvalue weighted by Gasteiger charge is -1.91. The van der Waals surface area contributed by atoms with Crippen LogP contribution < -0.4 is 10.5 Å². The standard InChI is InChI=1S/C9H6N4O2S/c10-4-16-5-1-2-6-7(3-5)13-9(12-6)15-8(11)14/h1-3H,(H2,11,14)(H,12,13). The van der Waals surface area contributed by atoms with Crippen LogP contribution in [0.4, 0.5) is 4.79 Å². The van der Waals surface area contributed by atoms with Gasteiger partial charge >= 0.3 is 12.1 Å². The molecule has 0 fully saturated rings. The predicted molar refractivity (Wildman–Crippen MR) is 57.8 cm³/mol. The Morgan fingerprint density at radius 1 is 1.62 bits per heavy atom. The van der Waals surface area contributed by atoms with Gasteiger partial charge in [-0.05, 0) is 30.0 Å². The van der Waals surface area contributed by atoms with Crippen molar-refractivity contribution in [2.24, 2.45) is 5.73 Å². The van der Waals surface area contributed by atoms with Gasteiger partial charge in [-0.1, -0.05) is 0 Å². The first-order valence-corrected chi connectivity index (χ1v) is 5.03. The minimum absolute atomic E-state index is 0.0432. The first-order valence-electron chi connectivity index (χ1n) is 4.22. The van der Waals surface area contributed by atoms with Crippen molar-refractivity contribution in [1.82, 2.24) is 9.97 Å². The Bertz CT molecular complexity index is 587. The summed E-state index contributed by atoms with van der Waals surface area (Å²) in [6.45, 7) is 0. The number of benzene rings is 1. The van der Waals surface area contributed by atoms with Crippen LogP contribution in [-0.4, -0.2) is 16.1 Å². The Kier molecular flexibility index (Phi) is 2.66. The van der Waals surface area contributed by atoms with Gasteiger partial charge in [-0.15, -0.1) is 0 Å². The average molecular weight is 234 g/mol.